The number of fused-ring (bicyclic) bond motifs is 1. The fourth-order valence-electron chi connectivity index (χ4n) is 1.78. The molecule has 0 amide bonds. The Morgan fingerprint density at radius 1 is 1.32 bits per heavy atom. The van der Waals surface area contributed by atoms with Crippen LogP contribution in [0.4, 0.5) is 0 Å². The van der Waals surface area contributed by atoms with Crippen molar-refractivity contribution >= 4 is 43.0 Å². The second-order valence-electron chi connectivity index (χ2n) is 4.23. The molecule has 0 aliphatic carbocycles. The molecule has 0 bridgehead atoms. The van der Waals surface area contributed by atoms with E-state index in [0.29, 0.717) is 19.5 Å². The van der Waals surface area contributed by atoms with E-state index in [-0.39, 0.29) is 5.75 Å². The van der Waals surface area contributed by atoms with Crippen LogP contribution in [0.2, 0.25) is 5.02 Å². The predicted molar refractivity (Wildman–Crippen MR) is 81.1 cm³/mol. The lowest BCUT2D eigenvalue weighted by Gasteiger charge is -2.02. The molecular weight excluding hydrogens is 304 g/mol. The highest BCUT2D eigenvalue weighted by Crippen LogP contribution is 2.34. The molecule has 1 heterocycles. The molecule has 0 atom stereocenters. The Morgan fingerprint density at radius 2 is 2.05 bits per heavy atom. The lowest BCUT2D eigenvalue weighted by molar-refractivity contribution is 0.590. The topological polar surface area (TPSA) is 72.2 Å². The molecule has 7 heteroatoms. The van der Waals surface area contributed by atoms with Gasteiger partial charge in [-0.2, -0.15) is 0 Å². The van der Waals surface area contributed by atoms with Crippen LogP contribution < -0.4 is 10.5 Å². The van der Waals surface area contributed by atoms with Gasteiger partial charge >= 0.3 is 0 Å². The first-order valence-corrected chi connectivity index (χ1v) is 8.75. The first kappa shape index (κ1) is 14.7. The molecule has 1 aromatic heterocycles. The maximum absolute atomic E-state index is 10.8. The Kier molecular flexibility index (Phi) is 4.81. The van der Waals surface area contributed by atoms with Gasteiger partial charge in [-0.1, -0.05) is 29.8 Å². The Balaban J connectivity index is 1.90. The van der Waals surface area contributed by atoms with Crippen LogP contribution in [0.5, 0.6) is 0 Å². The van der Waals surface area contributed by atoms with Crippen molar-refractivity contribution in [2.45, 2.75) is 13.0 Å². The Morgan fingerprint density at radius 3 is 2.74 bits per heavy atom. The van der Waals surface area contributed by atoms with E-state index in [1.807, 2.05) is 24.3 Å². The van der Waals surface area contributed by atoms with Gasteiger partial charge in [-0.3, -0.25) is 0 Å². The molecule has 0 aliphatic rings. The summed E-state index contributed by atoms with van der Waals surface area (Å²) < 4.78 is 22.7. The molecule has 0 fully saturated rings. The van der Waals surface area contributed by atoms with Crippen molar-refractivity contribution in [2.24, 2.45) is 5.14 Å². The number of primary sulfonamides is 1. The van der Waals surface area contributed by atoms with Crippen LogP contribution in [-0.2, 0) is 16.6 Å². The quantitative estimate of drug-likeness (QED) is 0.803. The highest BCUT2D eigenvalue weighted by Gasteiger charge is 2.09. The summed E-state index contributed by atoms with van der Waals surface area (Å²) in [5, 5.41) is 9.95. The fraction of sp³-hybridized carbons (Fsp3) is 0.333. The zero-order valence-corrected chi connectivity index (χ0v) is 12.6. The fourth-order valence-corrected chi connectivity index (χ4v) is 3.79. The third-order valence-corrected chi connectivity index (χ3v) is 5.24. The Hall–Kier alpha value is -0.660. The highest BCUT2D eigenvalue weighted by molar-refractivity contribution is 7.89. The third kappa shape index (κ3) is 4.15. The van der Waals surface area contributed by atoms with Crippen molar-refractivity contribution < 1.29 is 8.42 Å². The van der Waals surface area contributed by atoms with Gasteiger partial charge in [0.15, 0.2) is 0 Å². The van der Waals surface area contributed by atoms with E-state index in [1.165, 1.54) is 0 Å². The largest absolute Gasteiger partial charge is 0.312 e. The smallest absolute Gasteiger partial charge is 0.209 e. The molecule has 2 aromatic rings. The first-order valence-electron chi connectivity index (χ1n) is 5.84. The van der Waals surface area contributed by atoms with E-state index in [9.17, 15) is 8.42 Å². The van der Waals surface area contributed by atoms with Crippen molar-refractivity contribution in [2.75, 3.05) is 12.3 Å². The highest BCUT2D eigenvalue weighted by atomic mass is 35.5. The normalized spacial score (nSPS) is 12.1. The van der Waals surface area contributed by atoms with Crippen LogP contribution in [0.15, 0.2) is 24.3 Å². The average molecular weight is 319 g/mol. The van der Waals surface area contributed by atoms with Crippen molar-refractivity contribution in [1.82, 2.24) is 5.32 Å². The van der Waals surface area contributed by atoms with Gasteiger partial charge in [0.05, 0.1) is 10.8 Å². The third-order valence-electron chi connectivity index (χ3n) is 2.67. The van der Waals surface area contributed by atoms with Crippen LogP contribution in [-0.4, -0.2) is 20.7 Å². The zero-order valence-electron chi connectivity index (χ0n) is 10.2. The van der Waals surface area contributed by atoms with E-state index in [2.05, 4.69) is 5.32 Å². The van der Waals surface area contributed by atoms with Gasteiger partial charge in [0, 0.05) is 21.5 Å². The number of thiophene rings is 1. The minimum absolute atomic E-state index is 0.000147. The molecule has 0 unspecified atom stereocenters. The van der Waals surface area contributed by atoms with Gasteiger partial charge in [-0.05, 0) is 19.0 Å². The second kappa shape index (κ2) is 6.19. The molecule has 0 radical (unpaired) electrons. The molecule has 2 rings (SSSR count). The first-order chi connectivity index (χ1) is 8.97. The summed E-state index contributed by atoms with van der Waals surface area (Å²) in [5.41, 5.74) is 0. The summed E-state index contributed by atoms with van der Waals surface area (Å²) in [5.74, 6) is 0.000147. The summed E-state index contributed by atoms with van der Waals surface area (Å²) in [4.78, 5) is 1.07. The predicted octanol–water partition coefficient (Wildman–Crippen LogP) is 2.32. The summed E-state index contributed by atoms with van der Waals surface area (Å²) >= 11 is 7.95. The van der Waals surface area contributed by atoms with Gasteiger partial charge in [0.2, 0.25) is 10.0 Å². The minimum Gasteiger partial charge on any atom is -0.312 e. The minimum atomic E-state index is -3.36. The lowest BCUT2D eigenvalue weighted by Crippen LogP contribution is -2.21. The van der Waals surface area contributed by atoms with Crippen LogP contribution in [0.1, 0.15) is 11.3 Å². The summed E-state index contributed by atoms with van der Waals surface area (Å²) in [7, 11) is -3.36. The number of nitrogens with two attached hydrogens (primary N) is 1. The van der Waals surface area contributed by atoms with Gasteiger partial charge in [0.25, 0.3) is 0 Å². The standard InChI is InChI=1S/C12H15ClN2O2S2/c13-12-9-4-1-2-5-10(9)18-11(12)8-15-6-3-7-19(14,16)17/h1-2,4-5,15H,3,6-8H2,(H2,14,16,17). The van der Waals surface area contributed by atoms with Crippen molar-refractivity contribution in [3.05, 3.63) is 34.2 Å². The molecule has 104 valence electrons. The van der Waals surface area contributed by atoms with E-state index >= 15 is 0 Å². The summed E-state index contributed by atoms with van der Waals surface area (Å²) in [6.45, 7) is 1.24. The molecule has 4 nitrogen and oxygen atoms in total. The summed E-state index contributed by atoms with van der Waals surface area (Å²) in [6, 6.07) is 7.98. The van der Waals surface area contributed by atoms with E-state index in [1.54, 1.807) is 11.3 Å². The molecule has 19 heavy (non-hydrogen) atoms. The SMILES string of the molecule is NS(=O)(=O)CCCNCc1sc2ccccc2c1Cl. The molecule has 0 saturated heterocycles. The number of benzene rings is 1. The van der Waals surface area contributed by atoms with Crippen molar-refractivity contribution in [3.8, 4) is 0 Å². The maximum Gasteiger partial charge on any atom is 0.209 e. The number of halogens is 1. The molecule has 1 aromatic carbocycles. The summed E-state index contributed by atoms with van der Waals surface area (Å²) in [6.07, 6.45) is 0.501. The van der Waals surface area contributed by atoms with Gasteiger partial charge < -0.3 is 5.32 Å². The number of sulfonamides is 1. The molecule has 0 aliphatic heterocycles. The van der Waals surface area contributed by atoms with E-state index in [0.717, 1.165) is 20.0 Å². The van der Waals surface area contributed by atoms with Gasteiger partial charge in [0.1, 0.15) is 0 Å². The van der Waals surface area contributed by atoms with Gasteiger partial charge in [-0.25, -0.2) is 13.6 Å². The van der Waals surface area contributed by atoms with E-state index in [4.69, 9.17) is 16.7 Å². The zero-order chi connectivity index (χ0) is 13.9. The van der Waals surface area contributed by atoms with Crippen LogP contribution in [0.25, 0.3) is 10.1 Å². The Labute approximate surface area is 121 Å². The molecule has 0 saturated carbocycles. The van der Waals surface area contributed by atoms with E-state index < -0.39 is 10.0 Å². The molecule has 0 spiro atoms. The maximum atomic E-state index is 10.8. The van der Waals surface area contributed by atoms with Crippen molar-refractivity contribution in [1.29, 1.82) is 0 Å². The molecular formula is C12H15ClN2O2S2. The monoisotopic (exact) mass is 318 g/mol. The van der Waals surface area contributed by atoms with Crippen LogP contribution in [0, 0.1) is 0 Å². The molecule has 3 N–H and O–H groups in total. The number of nitrogens with one attached hydrogen (secondary N) is 1. The van der Waals surface area contributed by atoms with Gasteiger partial charge in [-0.15, -0.1) is 11.3 Å². The van der Waals surface area contributed by atoms with Crippen molar-refractivity contribution in [3.63, 3.8) is 0 Å². The second-order valence-corrected chi connectivity index (χ2v) is 7.48. The van der Waals surface area contributed by atoms with Crippen LogP contribution in [0.3, 0.4) is 0 Å². The number of rotatable bonds is 6. The number of hydrogen-bond acceptors (Lipinski definition) is 4. The number of hydrogen-bond donors (Lipinski definition) is 2. The van der Waals surface area contributed by atoms with Crippen LogP contribution >= 0.6 is 22.9 Å². The lowest BCUT2D eigenvalue weighted by atomic mass is 10.2. The Bertz CT molecular complexity index is 667. The average Bonchev–Trinajstić information content (AvgIpc) is 2.65.